The van der Waals surface area contributed by atoms with Gasteiger partial charge in [0.2, 0.25) is 0 Å². The van der Waals surface area contributed by atoms with Crippen LogP contribution in [-0.4, -0.2) is 4.98 Å². The van der Waals surface area contributed by atoms with Crippen LogP contribution in [0.25, 0.3) is 0 Å². The van der Waals surface area contributed by atoms with E-state index < -0.39 is 0 Å². The summed E-state index contributed by atoms with van der Waals surface area (Å²) in [5, 5.41) is 8.56. The van der Waals surface area contributed by atoms with Crippen molar-refractivity contribution < 1.29 is 0 Å². The lowest BCUT2D eigenvalue weighted by Crippen LogP contribution is -2.08. The van der Waals surface area contributed by atoms with E-state index in [9.17, 15) is 0 Å². The Hall–Kier alpha value is -1.36. The average Bonchev–Trinajstić information content (AvgIpc) is 2.27. The summed E-state index contributed by atoms with van der Waals surface area (Å²) < 4.78 is 0. The molecule has 0 N–H and O–H groups in total. The molecular weight excluding hydrogens is 196 g/mol. The van der Waals surface area contributed by atoms with E-state index in [1.54, 1.807) is 0 Å². The quantitative estimate of drug-likeness (QED) is 0.752. The highest BCUT2D eigenvalue weighted by molar-refractivity contribution is 5.16. The molecule has 0 amide bonds. The normalized spacial score (nSPS) is 12.4. The van der Waals surface area contributed by atoms with Gasteiger partial charge in [-0.1, -0.05) is 26.8 Å². The standard InChI is InChI=1S/C14H20N2/c1-4-13(11(2)3)14-9-5-7-12(16-14)8-6-10-15/h5,7,9,11,13H,4,6,8H2,1-3H3. The zero-order chi connectivity index (χ0) is 12.0. The maximum absolute atomic E-state index is 8.56. The van der Waals surface area contributed by atoms with Gasteiger partial charge in [0.05, 0.1) is 6.07 Å². The number of rotatable bonds is 5. The second-order valence-electron chi connectivity index (χ2n) is 4.47. The Labute approximate surface area is 98.3 Å². The fourth-order valence-electron chi connectivity index (χ4n) is 2.05. The molecule has 0 saturated carbocycles. The molecule has 1 atom stereocenters. The zero-order valence-corrected chi connectivity index (χ0v) is 10.4. The highest BCUT2D eigenvalue weighted by Crippen LogP contribution is 2.26. The maximum atomic E-state index is 8.56. The molecule has 1 heterocycles. The Bertz CT molecular complexity index is 363. The molecule has 0 radical (unpaired) electrons. The Balaban J connectivity index is 2.84. The van der Waals surface area contributed by atoms with E-state index in [0.29, 0.717) is 18.3 Å². The average molecular weight is 216 g/mol. The smallest absolute Gasteiger partial charge is 0.0625 e. The molecule has 16 heavy (non-hydrogen) atoms. The molecule has 0 bridgehead atoms. The second-order valence-corrected chi connectivity index (χ2v) is 4.47. The Morgan fingerprint density at radius 2 is 2.12 bits per heavy atom. The van der Waals surface area contributed by atoms with Crippen molar-refractivity contribution in [2.45, 2.75) is 46.0 Å². The van der Waals surface area contributed by atoms with Gasteiger partial charge < -0.3 is 0 Å². The third kappa shape index (κ3) is 3.34. The molecular formula is C14H20N2. The van der Waals surface area contributed by atoms with E-state index in [0.717, 1.165) is 18.5 Å². The van der Waals surface area contributed by atoms with Gasteiger partial charge in [-0.05, 0) is 24.5 Å². The molecule has 0 aliphatic rings. The lowest BCUT2D eigenvalue weighted by atomic mass is 9.89. The minimum Gasteiger partial charge on any atom is -0.258 e. The van der Waals surface area contributed by atoms with Crippen LogP contribution in [0.4, 0.5) is 0 Å². The topological polar surface area (TPSA) is 36.7 Å². The van der Waals surface area contributed by atoms with Crippen LogP contribution in [0.1, 0.15) is 50.9 Å². The fourth-order valence-corrected chi connectivity index (χ4v) is 2.05. The van der Waals surface area contributed by atoms with Crippen molar-refractivity contribution in [1.82, 2.24) is 4.98 Å². The SMILES string of the molecule is CCC(c1cccc(CCC#N)n1)C(C)C. The molecule has 0 aromatic carbocycles. The maximum Gasteiger partial charge on any atom is 0.0625 e. The molecule has 86 valence electrons. The monoisotopic (exact) mass is 216 g/mol. The fraction of sp³-hybridized carbons (Fsp3) is 0.571. The molecule has 0 aliphatic carbocycles. The summed E-state index contributed by atoms with van der Waals surface area (Å²) in [5.74, 6) is 1.14. The molecule has 1 unspecified atom stereocenters. The van der Waals surface area contributed by atoms with E-state index >= 15 is 0 Å². The van der Waals surface area contributed by atoms with Gasteiger partial charge in [0.1, 0.15) is 0 Å². The van der Waals surface area contributed by atoms with Crippen LogP contribution in [-0.2, 0) is 6.42 Å². The molecule has 2 heteroatoms. The van der Waals surface area contributed by atoms with E-state index in [1.165, 1.54) is 5.69 Å². The lowest BCUT2D eigenvalue weighted by Gasteiger charge is -2.18. The largest absolute Gasteiger partial charge is 0.258 e. The summed E-state index contributed by atoms with van der Waals surface area (Å²) in [6.07, 6.45) is 2.43. The van der Waals surface area contributed by atoms with Gasteiger partial charge in [-0.3, -0.25) is 4.98 Å². The summed E-state index contributed by atoms with van der Waals surface area (Å²) >= 11 is 0. The molecule has 0 saturated heterocycles. The predicted molar refractivity (Wildman–Crippen MR) is 66.0 cm³/mol. The van der Waals surface area contributed by atoms with Crippen LogP contribution in [0.15, 0.2) is 18.2 Å². The summed E-state index contributed by atoms with van der Waals surface area (Å²) in [4.78, 5) is 4.65. The van der Waals surface area contributed by atoms with Gasteiger partial charge in [-0.2, -0.15) is 5.26 Å². The number of aryl methyl sites for hydroxylation is 1. The summed E-state index contributed by atoms with van der Waals surface area (Å²) in [6.45, 7) is 6.67. The van der Waals surface area contributed by atoms with Gasteiger partial charge in [0, 0.05) is 30.1 Å². The van der Waals surface area contributed by atoms with Crippen molar-refractivity contribution in [3.8, 4) is 6.07 Å². The second kappa shape index (κ2) is 6.27. The molecule has 2 nitrogen and oxygen atoms in total. The zero-order valence-electron chi connectivity index (χ0n) is 10.4. The van der Waals surface area contributed by atoms with Crippen molar-refractivity contribution in [2.75, 3.05) is 0 Å². The van der Waals surface area contributed by atoms with E-state index in [-0.39, 0.29) is 0 Å². The number of hydrogen-bond acceptors (Lipinski definition) is 2. The number of nitrogens with zero attached hydrogens (tertiary/aromatic N) is 2. The van der Waals surface area contributed by atoms with E-state index in [2.05, 4.69) is 44.0 Å². The number of hydrogen-bond donors (Lipinski definition) is 0. The first-order valence-corrected chi connectivity index (χ1v) is 6.01. The highest BCUT2D eigenvalue weighted by atomic mass is 14.7. The highest BCUT2D eigenvalue weighted by Gasteiger charge is 2.14. The Morgan fingerprint density at radius 1 is 1.38 bits per heavy atom. The molecule has 1 rings (SSSR count). The lowest BCUT2D eigenvalue weighted by molar-refractivity contribution is 0.473. The first-order chi connectivity index (χ1) is 7.69. The van der Waals surface area contributed by atoms with Crippen molar-refractivity contribution in [3.05, 3.63) is 29.6 Å². The minimum absolute atomic E-state index is 0.530. The Kier molecular flexibility index (Phi) is 4.98. The summed E-state index contributed by atoms with van der Waals surface area (Å²) in [6, 6.07) is 8.33. The van der Waals surface area contributed by atoms with Crippen LogP contribution in [0, 0.1) is 17.2 Å². The van der Waals surface area contributed by atoms with Crippen LogP contribution in [0.2, 0.25) is 0 Å². The third-order valence-corrected chi connectivity index (χ3v) is 2.95. The third-order valence-electron chi connectivity index (χ3n) is 2.95. The predicted octanol–water partition coefficient (Wildman–Crippen LogP) is 3.69. The van der Waals surface area contributed by atoms with Gasteiger partial charge in [-0.15, -0.1) is 0 Å². The van der Waals surface area contributed by atoms with Gasteiger partial charge in [0.15, 0.2) is 0 Å². The first kappa shape index (κ1) is 12.7. The van der Waals surface area contributed by atoms with Gasteiger partial charge >= 0.3 is 0 Å². The van der Waals surface area contributed by atoms with Crippen molar-refractivity contribution in [1.29, 1.82) is 5.26 Å². The Morgan fingerprint density at radius 3 is 2.69 bits per heavy atom. The number of nitriles is 1. The molecule has 0 aliphatic heterocycles. The number of aromatic nitrogens is 1. The first-order valence-electron chi connectivity index (χ1n) is 6.01. The molecule has 1 aromatic rings. The van der Waals surface area contributed by atoms with Gasteiger partial charge in [0.25, 0.3) is 0 Å². The van der Waals surface area contributed by atoms with Crippen LogP contribution in [0.5, 0.6) is 0 Å². The molecule has 0 spiro atoms. The molecule has 1 aromatic heterocycles. The summed E-state index contributed by atoms with van der Waals surface area (Å²) in [5.41, 5.74) is 2.21. The van der Waals surface area contributed by atoms with Crippen LogP contribution < -0.4 is 0 Å². The minimum atomic E-state index is 0.530. The van der Waals surface area contributed by atoms with Crippen molar-refractivity contribution in [2.24, 2.45) is 5.92 Å². The molecule has 0 fully saturated rings. The summed E-state index contributed by atoms with van der Waals surface area (Å²) in [7, 11) is 0. The van der Waals surface area contributed by atoms with Crippen LogP contribution in [0.3, 0.4) is 0 Å². The van der Waals surface area contributed by atoms with E-state index in [1.807, 2.05) is 6.07 Å². The van der Waals surface area contributed by atoms with E-state index in [4.69, 9.17) is 5.26 Å². The van der Waals surface area contributed by atoms with Crippen molar-refractivity contribution in [3.63, 3.8) is 0 Å². The van der Waals surface area contributed by atoms with Crippen LogP contribution >= 0.6 is 0 Å². The van der Waals surface area contributed by atoms with Crippen molar-refractivity contribution >= 4 is 0 Å². The van der Waals surface area contributed by atoms with Gasteiger partial charge in [-0.25, -0.2) is 0 Å². The number of pyridine rings is 1.